The number of nitrogens with zero attached hydrogens (tertiary/aromatic N) is 2. The molecule has 0 N–H and O–H groups in total. The minimum Gasteiger partial charge on any atom is -0.294 e. The molecule has 2 rings (SSSR count). The van der Waals surface area contributed by atoms with Crippen molar-refractivity contribution in [2.45, 2.75) is 32.1 Å². The molecule has 20 heavy (non-hydrogen) atoms. The van der Waals surface area contributed by atoms with E-state index < -0.39 is 0 Å². The van der Waals surface area contributed by atoms with Crippen molar-refractivity contribution in [3.8, 4) is 5.69 Å². The molecule has 0 aliphatic heterocycles. The highest BCUT2D eigenvalue weighted by Gasteiger charge is 2.09. The Hall–Kier alpha value is -2.16. The van der Waals surface area contributed by atoms with E-state index >= 15 is 0 Å². The number of carbonyl (C=O) groups is 1. The number of carbonyl (C=O) groups excluding carboxylic acids is 1. The molecule has 3 nitrogen and oxygen atoms in total. The number of para-hydroxylation sites is 1. The van der Waals surface area contributed by atoms with Crippen molar-refractivity contribution in [1.29, 1.82) is 0 Å². The van der Waals surface area contributed by atoms with Crippen molar-refractivity contribution >= 4 is 5.78 Å². The van der Waals surface area contributed by atoms with Crippen LogP contribution in [0.25, 0.3) is 5.69 Å². The van der Waals surface area contributed by atoms with E-state index in [1.807, 2.05) is 36.4 Å². The zero-order chi connectivity index (χ0) is 14.2. The Morgan fingerprint density at radius 3 is 2.75 bits per heavy atom. The summed E-state index contributed by atoms with van der Waals surface area (Å²) in [5.74, 6) is 0.172. The van der Waals surface area contributed by atoms with E-state index in [1.165, 1.54) is 0 Å². The van der Waals surface area contributed by atoms with Gasteiger partial charge in [-0.15, -0.1) is 6.58 Å². The minimum absolute atomic E-state index is 0.172. The summed E-state index contributed by atoms with van der Waals surface area (Å²) in [4.78, 5) is 12.0. The fourth-order valence-corrected chi connectivity index (χ4v) is 2.08. The molecular weight excluding hydrogens is 248 g/mol. The Morgan fingerprint density at radius 2 is 2.00 bits per heavy atom. The van der Waals surface area contributed by atoms with Crippen LogP contribution in [0.5, 0.6) is 0 Å². The van der Waals surface area contributed by atoms with Crippen molar-refractivity contribution in [1.82, 2.24) is 9.78 Å². The third-order valence-electron chi connectivity index (χ3n) is 3.24. The van der Waals surface area contributed by atoms with Crippen molar-refractivity contribution in [3.05, 3.63) is 60.9 Å². The molecule has 3 heteroatoms. The van der Waals surface area contributed by atoms with Gasteiger partial charge < -0.3 is 0 Å². The number of ketones is 1. The van der Waals surface area contributed by atoms with E-state index in [9.17, 15) is 4.79 Å². The first-order valence-electron chi connectivity index (χ1n) is 7.05. The van der Waals surface area contributed by atoms with Crippen molar-refractivity contribution in [2.24, 2.45) is 0 Å². The molecule has 0 unspecified atom stereocenters. The summed E-state index contributed by atoms with van der Waals surface area (Å²) in [6.07, 6.45) is 10.1. The molecule has 0 aliphatic rings. The number of hydrogen-bond acceptors (Lipinski definition) is 2. The van der Waals surface area contributed by atoms with Gasteiger partial charge in [0.15, 0.2) is 5.78 Å². The molecule has 1 aromatic heterocycles. The van der Waals surface area contributed by atoms with Crippen molar-refractivity contribution < 1.29 is 4.79 Å². The first-order chi connectivity index (χ1) is 9.81. The third kappa shape index (κ3) is 3.92. The average molecular weight is 268 g/mol. The van der Waals surface area contributed by atoms with Gasteiger partial charge in [0.25, 0.3) is 0 Å². The molecule has 1 heterocycles. The van der Waals surface area contributed by atoms with Gasteiger partial charge in [-0.2, -0.15) is 5.10 Å². The molecule has 0 spiro atoms. The number of hydrogen-bond donors (Lipinski definition) is 0. The van der Waals surface area contributed by atoms with Gasteiger partial charge >= 0.3 is 0 Å². The van der Waals surface area contributed by atoms with Crippen LogP contribution >= 0.6 is 0 Å². The number of unbranched alkanes of at least 4 members (excludes halogenated alkanes) is 3. The lowest BCUT2D eigenvalue weighted by atomic mass is 10.1. The Bertz CT molecular complexity index is 557. The van der Waals surface area contributed by atoms with E-state index in [-0.39, 0.29) is 5.78 Å². The van der Waals surface area contributed by atoms with Crippen LogP contribution in [0.1, 0.15) is 42.5 Å². The van der Waals surface area contributed by atoms with Gasteiger partial charge in [0, 0.05) is 12.6 Å². The number of rotatable bonds is 8. The summed E-state index contributed by atoms with van der Waals surface area (Å²) in [6.45, 7) is 3.69. The molecule has 0 radical (unpaired) electrons. The van der Waals surface area contributed by atoms with E-state index in [2.05, 4.69) is 11.7 Å². The fourth-order valence-electron chi connectivity index (χ4n) is 2.08. The lowest BCUT2D eigenvalue weighted by molar-refractivity contribution is 0.0979. The summed E-state index contributed by atoms with van der Waals surface area (Å²) in [5, 5.41) is 4.25. The van der Waals surface area contributed by atoms with Crippen LogP contribution in [0.2, 0.25) is 0 Å². The second-order valence-electron chi connectivity index (χ2n) is 4.82. The van der Waals surface area contributed by atoms with Gasteiger partial charge in [-0.1, -0.05) is 30.7 Å². The lowest BCUT2D eigenvalue weighted by Crippen LogP contribution is -1.98. The summed E-state index contributed by atoms with van der Waals surface area (Å²) in [7, 11) is 0. The molecule has 104 valence electrons. The third-order valence-corrected chi connectivity index (χ3v) is 3.24. The number of benzene rings is 1. The SMILES string of the molecule is C=CCCCCCC(=O)c1cnn(-c2ccccc2)c1. The molecule has 0 saturated heterocycles. The van der Waals surface area contributed by atoms with Crippen LogP contribution in [-0.4, -0.2) is 15.6 Å². The smallest absolute Gasteiger partial charge is 0.166 e. The van der Waals surface area contributed by atoms with E-state index in [4.69, 9.17) is 0 Å². The topological polar surface area (TPSA) is 34.9 Å². The second-order valence-corrected chi connectivity index (χ2v) is 4.82. The van der Waals surface area contributed by atoms with Crippen LogP contribution in [0.4, 0.5) is 0 Å². The molecular formula is C17H20N2O. The Balaban J connectivity index is 1.88. The zero-order valence-electron chi connectivity index (χ0n) is 11.7. The molecule has 0 aliphatic carbocycles. The standard InChI is InChI=1S/C17H20N2O/c1-2-3-4-5-9-12-17(20)15-13-18-19(14-15)16-10-7-6-8-11-16/h2,6-8,10-11,13-14H,1,3-5,9,12H2. The number of allylic oxidation sites excluding steroid dienone is 1. The van der Waals surface area contributed by atoms with Crippen LogP contribution in [-0.2, 0) is 0 Å². The molecule has 2 aromatic rings. The molecule has 0 bridgehead atoms. The highest BCUT2D eigenvalue weighted by Crippen LogP contribution is 2.11. The molecule has 0 amide bonds. The summed E-state index contributed by atoms with van der Waals surface area (Å²) >= 11 is 0. The largest absolute Gasteiger partial charge is 0.294 e. The highest BCUT2D eigenvalue weighted by atomic mass is 16.1. The van der Waals surface area contributed by atoms with Crippen LogP contribution in [0, 0.1) is 0 Å². The van der Waals surface area contributed by atoms with Crippen LogP contribution < -0.4 is 0 Å². The van der Waals surface area contributed by atoms with Crippen LogP contribution in [0.15, 0.2) is 55.4 Å². The van der Waals surface area contributed by atoms with Gasteiger partial charge in [-0.3, -0.25) is 4.79 Å². The first-order valence-corrected chi connectivity index (χ1v) is 7.05. The van der Waals surface area contributed by atoms with Gasteiger partial charge in [0.2, 0.25) is 0 Å². The molecule has 0 atom stereocenters. The summed E-state index contributed by atoms with van der Waals surface area (Å²) in [5.41, 5.74) is 1.66. The maximum atomic E-state index is 12.0. The summed E-state index contributed by atoms with van der Waals surface area (Å²) < 4.78 is 1.74. The van der Waals surface area contributed by atoms with Gasteiger partial charge in [0.1, 0.15) is 0 Å². The fraction of sp³-hybridized carbons (Fsp3) is 0.294. The van der Waals surface area contributed by atoms with E-state index in [0.29, 0.717) is 12.0 Å². The van der Waals surface area contributed by atoms with E-state index in [1.54, 1.807) is 17.1 Å². The van der Waals surface area contributed by atoms with Crippen LogP contribution in [0.3, 0.4) is 0 Å². The predicted octanol–water partition coefficient (Wildman–Crippen LogP) is 4.19. The van der Waals surface area contributed by atoms with Crippen molar-refractivity contribution in [2.75, 3.05) is 0 Å². The minimum atomic E-state index is 0.172. The second kappa shape index (κ2) is 7.43. The normalized spacial score (nSPS) is 10.4. The average Bonchev–Trinajstić information content (AvgIpc) is 2.98. The van der Waals surface area contributed by atoms with Crippen molar-refractivity contribution in [3.63, 3.8) is 0 Å². The highest BCUT2D eigenvalue weighted by molar-refractivity contribution is 5.95. The lowest BCUT2D eigenvalue weighted by Gasteiger charge is -1.99. The predicted molar refractivity (Wildman–Crippen MR) is 81.2 cm³/mol. The molecule has 0 fully saturated rings. The number of aromatic nitrogens is 2. The first kappa shape index (κ1) is 14.3. The zero-order valence-corrected chi connectivity index (χ0v) is 11.7. The maximum absolute atomic E-state index is 12.0. The quantitative estimate of drug-likeness (QED) is 0.409. The summed E-state index contributed by atoms with van der Waals surface area (Å²) in [6, 6.07) is 9.81. The van der Waals surface area contributed by atoms with E-state index in [0.717, 1.165) is 31.4 Å². The monoisotopic (exact) mass is 268 g/mol. The molecule has 1 aromatic carbocycles. The molecule has 0 saturated carbocycles. The van der Waals surface area contributed by atoms with Gasteiger partial charge in [-0.25, -0.2) is 4.68 Å². The number of Topliss-reactive ketones (excluding diaryl/α,β-unsaturated/α-hetero) is 1. The Labute approximate surface area is 119 Å². The maximum Gasteiger partial charge on any atom is 0.166 e. The van der Waals surface area contributed by atoms with Gasteiger partial charge in [0.05, 0.1) is 17.4 Å². The Kier molecular flexibility index (Phi) is 5.30. The Morgan fingerprint density at radius 1 is 1.20 bits per heavy atom. The van der Waals surface area contributed by atoms with Gasteiger partial charge in [-0.05, 0) is 31.4 Å².